The smallest absolute Gasteiger partial charge is 0.335 e. The van der Waals surface area contributed by atoms with Crippen molar-refractivity contribution in [1.29, 1.82) is 0 Å². The number of hydrogen-bond donors (Lipinski definition) is 3. The number of rotatable bonds is 9. The Morgan fingerprint density at radius 1 is 1.03 bits per heavy atom. The van der Waals surface area contributed by atoms with Crippen LogP contribution in [0.1, 0.15) is 23.2 Å². The minimum absolute atomic E-state index is 0.0127. The van der Waals surface area contributed by atoms with Crippen molar-refractivity contribution in [3.8, 4) is 5.75 Å². The maximum atomic E-state index is 12.5. The molecule has 0 saturated heterocycles. The first kappa shape index (κ1) is 19.9. The van der Waals surface area contributed by atoms with Crippen LogP contribution in [-0.2, 0) is 16.1 Å². The first-order chi connectivity index (χ1) is 13.9. The van der Waals surface area contributed by atoms with Crippen LogP contribution in [0.15, 0.2) is 54.7 Å². The molecular formula is C21H20N2O6. The first-order valence-corrected chi connectivity index (χ1v) is 8.99. The molecule has 1 heterocycles. The number of aliphatic carboxylic acids is 1. The van der Waals surface area contributed by atoms with Crippen LogP contribution in [0.4, 0.5) is 5.69 Å². The predicted octanol–water partition coefficient (Wildman–Crippen LogP) is 3.22. The molecule has 0 aliphatic heterocycles. The molecule has 29 heavy (non-hydrogen) atoms. The number of para-hydroxylation sites is 2. The van der Waals surface area contributed by atoms with Crippen molar-refractivity contribution in [2.75, 3.05) is 11.9 Å². The second kappa shape index (κ2) is 8.92. The zero-order chi connectivity index (χ0) is 20.8. The molecule has 3 N–H and O–H groups in total. The molecule has 2 aromatic carbocycles. The summed E-state index contributed by atoms with van der Waals surface area (Å²) in [6.07, 6.45) is 2.11. The van der Waals surface area contributed by atoms with Crippen molar-refractivity contribution >= 4 is 34.4 Å². The van der Waals surface area contributed by atoms with E-state index in [1.54, 1.807) is 53.2 Å². The molecule has 3 rings (SSSR count). The average Bonchev–Trinajstić information content (AvgIpc) is 3.08. The number of aromatic carboxylic acids is 1. The number of carboxylic acid groups (broad SMARTS) is 2. The number of carbonyl (C=O) groups excluding carboxylic acids is 1. The molecule has 150 valence electrons. The van der Waals surface area contributed by atoms with Gasteiger partial charge in [0.2, 0.25) is 5.91 Å². The number of nitrogens with zero attached hydrogens (tertiary/aromatic N) is 1. The van der Waals surface area contributed by atoms with Crippen LogP contribution in [0.3, 0.4) is 0 Å². The maximum absolute atomic E-state index is 12.5. The largest absolute Gasteiger partial charge is 0.491 e. The summed E-state index contributed by atoms with van der Waals surface area (Å²) in [5.41, 5.74) is 1.44. The molecular weight excluding hydrogens is 376 g/mol. The number of carboxylic acids is 2. The minimum atomic E-state index is -1.00. The fourth-order valence-electron chi connectivity index (χ4n) is 2.92. The Bertz CT molecular complexity index is 1060. The zero-order valence-electron chi connectivity index (χ0n) is 15.5. The second-order valence-corrected chi connectivity index (χ2v) is 6.41. The number of hydrogen-bond acceptors (Lipinski definition) is 4. The molecule has 1 aromatic heterocycles. The molecule has 0 aliphatic carbocycles. The molecule has 1 amide bonds. The quantitative estimate of drug-likeness (QED) is 0.478. The van der Waals surface area contributed by atoms with Crippen molar-refractivity contribution < 1.29 is 29.3 Å². The van der Waals surface area contributed by atoms with Gasteiger partial charge in [-0.05, 0) is 42.8 Å². The average molecular weight is 396 g/mol. The van der Waals surface area contributed by atoms with Crippen LogP contribution in [0, 0.1) is 0 Å². The third kappa shape index (κ3) is 5.13. The van der Waals surface area contributed by atoms with Crippen LogP contribution in [0.25, 0.3) is 10.9 Å². The van der Waals surface area contributed by atoms with Gasteiger partial charge in [0.15, 0.2) is 0 Å². The van der Waals surface area contributed by atoms with E-state index in [0.29, 0.717) is 17.9 Å². The molecule has 8 heteroatoms. The summed E-state index contributed by atoms with van der Waals surface area (Å²) >= 11 is 0. The second-order valence-electron chi connectivity index (χ2n) is 6.41. The van der Waals surface area contributed by atoms with Gasteiger partial charge in [-0.2, -0.15) is 0 Å². The van der Waals surface area contributed by atoms with E-state index in [1.165, 1.54) is 6.07 Å². The zero-order valence-corrected chi connectivity index (χ0v) is 15.5. The molecule has 0 saturated carbocycles. The van der Waals surface area contributed by atoms with Crippen molar-refractivity contribution in [2.24, 2.45) is 0 Å². The Labute approximate surface area is 166 Å². The lowest BCUT2D eigenvalue weighted by molar-refractivity contribution is -0.137. The van der Waals surface area contributed by atoms with Crippen LogP contribution in [0.2, 0.25) is 0 Å². The Morgan fingerprint density at radius 2 is 1.83 bits per heavy atom. The van der Waals surface area contributed by atoms with E-state index in [9.17, 15) is 14.4 Å². The van der Waals surface area contributed by atoms with Gasteiger partial charge < -0.3 is 24.8 Å². The van der Waals surface area contributed by atoms with Gasteiger partial charge in [-0.3, -0.25) is 9.59 Å². The summed E-state index contributed by atoms with van der Waals surface area (Å²) in [4.78, 5) is 34.2. The standard InChI is InChI=1S/C21H20N2O6/c24-19(13-23-10-9-14-12-15(21(27)28)7-8-17(14)23)22-16-4-1-2-5-18(16)29-11-3-6-20(25)26/h1-2,4-5,7-10,12H,3,6,11,13H2,(H,22,24)(H,25,26)(H,27,28). The topological polar surface area (TPSA) is 118 Å². The van der Waals surface area contributed by atoms with Crippen molar-refractivity contribution in [3.63, 3.8) is 0 Å². The number of fused-ring (bicyclic) bond motifs is 1. The van der Waals surface area contributed by atoms with Crippen molar-refractivity contribution in [1.82, 2.24) is 4.57 Å². The Kier molecular flexibility index (Phi) is 6.13. The van der Waals surface area contributed by atoms with Crippen molar-refractivity contribution in [3.05, 3.63) is 60.3 Å². The fourth-order valence-corrected chi connectivity index (χ4v) is 2.92. The first-order valence-electron chi connectivity index (χ1n) is 8.99. The highest BCUT2D eigenvalue weighted by molar-refractivity contribution is 5.95. The highest BCUT2D eigenvalue weighted by atomic mass is 16.5. The molecule has 0 unspecified atom stereocenters. The number of aromatic nitrogens is 1. The van der Waals surface area contributed by atoms with E-state index in [0.717, 1.165) is 10.9 Å². The van der Waals surface area contributed by atoms with Gasteiger partial charge >= 0.3 is 11.9 Å². The lowest BCUT2D eigenvalue weighted by Gasteiger charge is -2.13. The van der Waals surface area contributed by atoms with Crippen molar-refractivity contribution in [2.45, 2.75) is 19.4 Å². The summed E-state index contributed by atoms with van der Waals surface area (Å²) in [7, 11) is 0. The van der Waals surface area contributed by atoms with E-state index in [2.05, 4.69) is 5.32 Å². The van der Waals surface area contributed by atoms with E-state index >= 15 is 0 Å². The number of ether oxygens (including phenoxy) is 1. The molecule has 0 radical (unpaired) electrons. The van der Waals surface area contributed by atoms with Gasteiger partial charge in [-0.25, -0.2) is 4.79 Å². The number of benzene rings is 2. The van der Waals surface area contributed by atoms with E-state index in [4.69, 9.17) is 14.9 Å². The van der Waals surface area contributed by atoms with Gasteiger partial charge in [0, 0.05) is 23.5 Å². The Hall–Kier alpha value is -3.81. The third-order valence-electron chi connectivity index (χ3n) is 4.29. The number of amides is 1. The van der Waals surface area contributed by atoms with Crippen LogP contribution < -0.4 is 10.1 Å². The highest BCUT2D eigenvalue weighted by Gasteiger charge is 2.11. The minimum Gasteiger partial charge on any atom is -0.491 e. The van der Waals surface area contributed by atoms with Gasteiger partial charge in [-0.1, -0.05) is 12.1 Å². The Balaban J connectivity index is 1.66. The van der Waals surface area contributed by atoms with Gasteiger partial charge in [-0.15, -0.1) is 0 Å². The summed E-state index contributed by atoms with van der Waals surface area (Å²) in [5, 5.41) is 21.3. The van der Waals surface area contributed by atoms with Crippen LogP contribution >= 0.6 is 0 Å². The summed E-state index contributed by atoms with van der Waals surface area (Å²) in [6.45, 7) is 0.274. The molecule has 0 bridgehead atoms. The lowest BCUT2D eigenvalue weighted by Crippen LogP contribution is -2.18. The maximum Gasteiger partial charge on any atom is 0.335 e. The summed E-state index contributed by atoms with van der Waals surface area (Å²) in [5.74, 6) is -1.69. The van der Waals surface area contributed by atoms with E-state index < -0.39 is 11.9 Å². The molecule has 0 spiro atoms. The summed E-state index contributed by atoms with van der Waals surface area (Å²) < 4.78 is 7.32. The molecule has 0 fully saturated rings. The number of nitrogens with one attached hydrogen (secondary N) is 1. The van der Waals surface area contributed by atoms with Gasteiger partial charge in [0.25, 0.3) is 0 Å². The normalized spacial score (nSPS) is 10.6. The molecule has 0 atom stereocenters. The summed E-state index contributed by atoms with van der Waals surface area (Å²) in [6, 6.07) is 13.4. The SMILES string of the molecule is O=C(O)CCCOc1ccccc1NC(=O)Cn1ccc2cc(C(=O)O)ccc21. The van der Waals surface area contributed by atoms with E-state index in [-0.39, 0.29) is 31.0 Å². The predicted molar refractivity (Wildman–Crippen MR) is 106 cm³/mol. The third-order valence-corrected chi connectivity index (χ3v) is 4.29. The molecule has 8 nitrogen and oxygen atoms in total. The van der Waals surface area contributed by atoms with Crippen LogP contribution in [0.5, 0.6) is 5.75 Å². The molecule has 0 aliphatic rings. The van der Waals surface area contributed by atoms with Gasteiger partial charge in [0.1, 0.15) is 12.3 Å². The van der Waals surface area contributed by atoms with E-state index in [1.807, 2.05) is 0 Å². The van der Waals surface area contributed by atoms with Gasteiger partial charge in [0.05, 0.1) is 17.9 Å². The number of carbonyl (C=O) groups is 3. The number of anilines is 1. The van der Waals surface area contributed by atoms with Crippen LogP contribution in [-0.4, -0.2) is 39.2 Å². The highest BCUT2D eigenvalue weighted by Crippen LogP contribution is 2.24. The Morgan fingerprint density at radius 3 is 2.59 bits per heavy atom. The molecule has 3 aromatic rings. The fraction of sp³-hybridized carbons (Fsp3) is 0.190. The monoisotopic (exact) mass is 396 g/mol. The lowest BCUT2D eigenvalue weighted by atomic mass is 10.1.